The quantitative estimate of drug-likeness (QED) is 0.753. The van der Waals surface area contributed by atoms with Crippen molar-refractivity contribution in [3.05, 3.63) is 72.4 Å². The molecule has 1 heterocycles. The summed E-state index contributed by atoms with van der Waals surface area (Å²) in [4.78, 5) is 19.1. The monoisotopic (exact) mass is 309 g/mol. The van der Waals surface area contributed by atoms with Gasteiger partial charge in [0.1, 0.15) is 5.82 Å². The lowest BCUT2D eigenvalue weighted by Gasteiger charge is -2.07. The molecular weight excluding hydrogens is 293 g/mol. The van der Waals surface area contributed by atoms with Gasteiger partial charge in [0.25, 0.3) is 0 Å². The molecule has 1 amide bonds. The Kier molecular flexibility index (Phi) is 4.47. The highest BCUT2D eigenvalue weighted by Crippen LogP contribution is 2.20. The number of hydrogen-bond donors (Lipinski definition) is 2. The van der Waals surface area contributed by atoms with Gasteiger partial charge < -0.3 is 10.3 Å². The first-order valence-electron chi connectivity index (χ1n) is 7.34. The van der Waals surface area contributed by atoms with Crippen molar-refractivity contribution in [1.82, 2.24) is 9.97 Å². The maximum Gasteiger partial charge on any atom is 0.224 e. The third kappa shape index (κ3) is 4.03. The van der Waals surface area contributed by atoms with E-state index in [4.69, 9.17) is 0 Å². The second kappa shape index (κ2) is 6.87. The van der Waals surface area contributed by atoms with E-state index in [1.165, 1.54) is 12.1 Å². The number of H-pyrrole nitrogens is 1. The standard InChI is InChI=1S/C18H16FN3O/c19-15-5-1-3-13(9-15)7-8-18(23)22-16-6-2-4-14(10-16)17-11-20-12-21-17/h1-6,9-12H,7-8H2,(H,20,21)(H,22,23). The largest absolute Gasteiger partial charge is 0.345 e. The lowest BCUT2D eigenvalue weighted by atomic mass is 10.1. The molecule has 4 nitrogen and oxygen atoms in total. The van der Waals surface area contributed by atoms with E-state index in [1.807, 2.05) is 30.3 Å². The molecule has 3 rings (SSSR count). The van der Waals surface area contributed by atoms with E-state index >= 15 is 0 Å². The SMILES string of the molecule is O=C(CCc1cccc(F)c1)Nc1cccc(-c2cnc[nH]2)c1. The molecular formula is C18H16FN3O. The van der Waals surface area contributed by atoms with E-state index in [1.54, 1.807) is 18.6 Å². The van der Waals surface area contributed by atoms with Gasteiger partial charge in [-0.25, -0.2) is 9.37 Å². The molecule has 0 aliphatic rings. The Bertz CT molecular complexity index is 800. The number of amides is 1. The number of nitrogens with one attached hydrogen (secondary N) is 2. The van der Waals surface area contributed by atoms with Crippen LogP contribution in [0.4, 0.5) is 10.1 Å². The molecule has 0 saturated carbocycles. The van der Waals surface area contributed by atoms with E-state index in [9.17, 15) is 9.18 Å². The van der Waals surface area contributed by atoms with Gasteiger partial charge in [0.2, 0.25) is 5.91 Å². The van der Waals surface area contributed by atoms with Gasteiger partial charge >= 0.3 is 0 Å². The molecule has 5 heteroatoms. The lowest BCUT2D eigenvalue weighted by molar-refractivity contribution is -0.116. The van der Waals surface area contributed by atoms with E-state index in [2.05, 4.69) is 15.3 Å². The molecule has 116 valence electrons. The molecule has 0 fully saturated rings. The van der Waals surface area contributed by atoms with E-state index in [0.29, 0.717) is 12.8 Å². The van der Waals surface area contributed by atoms with Gasteiger partial charge in [-0.2, -0.15) is 0 Å². The average Bonchev–Trinajstić information content (AvgIpc) is 3.08. The minimum absolute atomic E-state index is 0.101. The van der Waals surface area contributed by atoms with Crippen molar-refractivity contribution in [2.24, 2.45) is 0 Å². The van der Waals surface area contributed by atoms with E-state index < -0.39 is 0 Å². The van der Waals surface area contributed by atoms with Crippen LogP contribution in [0.2, 0.25) is 0 Å². The van der Waals surface area contributed by atoms with Crippen LogP contribution in [0.3, 0.4) is 0 Å². The van der Waals surface area contributed by atoms with Gasteiger partial charge in [-0.15, -0.1) is 0 Å². The molecule has 0 atom stereocenters. The zero-order valence-corrected chi connectivity index (χ0v) is 12.4. The fourth-order valence-electron chi connectivity index (χ4n) is 2.35. The number of carbonyl (C=O) groups excluding carboxylic acids is 1. The lowest BCUT2D eigenvalue weighted by Crippen LogP contribution is -2.12. The molecule has 23 heavy (non-hydrogen) atoms. The van der Waals surface area contributed by atoms with Gasteiger partial charge in [-0.3, -0.25) is 4.79 Å². The normalized spacial score (nSPS) is 10.5. The summed E-state index contributed by atoms with van der Waals surface area (Å²) >= 11 is 0. The first-order valence-corrected chi connectivity index (χ1v) is 7.34. The summed E-state index contributed by atoms with van der Waals surface area (Å²) in [6.45, 7) is 0. The summed E-state index contributed by atoms with van der Waals surface area (Å²) in [6, 6.07) is 13.8. The molecule has 0 aliphatic heterocycles. The van der Waals surface area contributed by atoms with Crippen LogP contribution in [0.25, 0.3) is 11.3 Å². The van der Waals surface area contributed by atoms with Crippen molar-refractivity contribution in [3.8, 4) is 11.3 Å². The third-order valence-electron chi connectivity index (χ3n) is 3.49. The summed E-state index contributed by atoms with van der Waals surface area (Å²) < 4.78 is 13.1. The topological polar surface area (TPSA) is 57.8 Å². The van der Waals surface area contributed by atoms with Crippen molar-refractivity contribution in [2.45, 2.75) is 12.8 Å². The van der Waals surface area contributed by atoms with Crippen LogP contribution in [-0.2, 0) is 11.2 Å². The van der Waals surface area contributed by atoms with Gasteiger partial charge in [0.05, 0.1) is 18.2 Å². The van der Waals surface area contributed by atoms with Crippen LogP contribution in [0.1, 0.15) is 12.0 Å². The van der Waals surface area contributed by atoms with E-state index in [0.717, 1.165) is 22.5 Å². The Labute approximate surface area is 133 Å². The van der Waals surface area contributed by atoms with Gasteiger partial charge in [0.15, 0.2) is 0 Å². The Morgan fingerprint density at radius 1 is 1.17 bits per heavy atom. The number of aromatic nitrogens is 2. The second-order valence-corrected chi connectivity index (χ2v) is 5.22. The Hall–Kier alpha value is -2.95. The Morgan fingerprint density at radius 2 is 2.04 bits per heavy atom. The average molecular weight is 309 g/mol. The first-order chi connectivity index (χ1) is 11.2. The van der Waals surface area contributed by atoms with E-state index in [-0.39, 0.29) is 11.7 Å². The smallest absolute Gasteiger partial charge is 0.224 e. The number of imidazole rings is 1. The van der Waals surface area contributed by atoms with Crippen molar-refractivity contribution < 1.29 is 9.18 Å². The highest BCUT2D eigenvalue weighted by Gasteiger charge is 2.06. The van der Waals surface area contributed by atoms with Gasteiger partial charge in [0, 0.05) is 17.7 Å². The highest BCUT2D eigenvalue weighted by atomic mass is 19.1. The van der Waals surface area contributed by atoms with Crippen molar-refractivity contribution in [2.75, 3.05) is 5.32 Å². The molecule has 2 aromatic carbocycles. The molecule has 0 saturated heterocycles. The predicted molar refractivity (Wildman–Crippen MR) is 87.4 cm³/mol. The molecule has 0 aliphatic carbocycles. The molecule has 0 unspecified atom stereocenters. The molecule has 1 aromatic heterocycles. The van der Waals surface area contributed by atoms with Crippen LogP contribution in [0.15, 0.2) is 61.1 Å². The number of rotatable bonds is 5. The maximum atomic E-state index is 13.1. The summed E-state index contributed by atoms with van der Waals surface area (Å²) in [5.41, 5.74) is 3.37. The Balaban J connectivity index is 1.61. The van der Waals surface area contributed by atoms with Crippen molar-refractivity contribution in [1.29, 1.82) is 0 Å². The molecule has 2 N–H and O–H groups in total. The number of carbonyl (C=O) groups is 1. The number of nitrogens with zero attached hydrogens (tertiary/aromatic N) is 1. The Morgan fingerprint density at radius 3 is 2.83 bits per heavy atom. The number of halogens is 1. The number of hydrogen-bond acceptors (Lipinski definition) is 2. The van der Waals surface area contributed by atoms with Gasteiger partial charge in [-0.1, -0.05) is 24.3 Å². The first kappa shape index (κ1) is 15.0. The summed E-state index contributed by atoms with van der Waals surface area (Å²) in [7, 11) is 0. The zero-order chi connectivity index (χ0) is 16.1. The molecule has 0 bridgehead atoms. The fraction of sp³-hybridized carbons (Fsp3) is 0.111. The summed E-state index contributed by atoms with van der Waals surface area (Å²) in [6.07, 6.45) is 4.14. The predicted octanol–water partition coefficient (Wildman–Crippen LogP) is 3.79. The molecule has 3 aromatic rings. The fourth-order valence-corrected chi connectivity index (χ4v) is 2.35. The minimum atomic E-state index is -0.282. The van der Waals surface area contributed by atoms with Crippen LogP contribution in [0.5, 0.6) is 0 Å². The third-order valence-corrected chi connectivity index (χ3v) is 3.49. The summed E-state index contributed by atoms with van der Waals surface area (Å²) in [5.74, 6) is -0.383. The minimum Gasteiger partial charge on any atom is -0.345 e. The molecule has 0 spiro atoms. The van der Waals surface area contributed by atoms with Gasteiger partial charge in [-0.05, 0) is 36.2 Å². The van der Waals surface area contributed by atoms with Crippen molar-refractivity contribution >= 4 is 11.6 Å². The number of anilines is 1. The molecule has 0 radical (unpaired) electrons. The second-order valence-electron chi connectivity index (χ2n) is 5.22. The van der Waals surface area contributed by atoms with Crippen molar-refractivity contribution in [3.63, 3.8) is 0 Å². The highest BCUT2D eigenvalue weighted by molar-refractivity contribution is 5.91. The maximum absolute atomic E-state index is 13.1. The number of aryl methyl sites for hydroxylation is 1. The van der Waals surface area contributed by atoms with Crippen LogP contribution < -0.4 is 5.32 Å². The zero-order valence-electron chi connectivity index (χ0n) is 12.4. The summed E-state index contributed by atoms with van der Waals surface area (Å²) in [5, 5.41) is 2.86. The van der Waals surface area contributed by atoms with Crippen LogP contribution in [-0.4, -0.2) is 15.9 Å². The van der Waals surface area contributed by atoms with Crippen LogP contribution >= 0.6 is 0 Å². The van der Waals surface area contributed by atoms with Crippen LogP contribution in [0, 0.1) is 5.82 Å². The number of benzene rings is 2. The number of aromatic amines is 1.